The monoisotopic (exact) mass is 235 g/mol. The van der Waals surface area contributed by atoms with Crippen LogP contribution in [-0.2, 0) is 4.79 Å². The lowest BCUT2D eigenvalue weighted by atomic mass is 10.2. The summed E-state index contributed by atoms with van der Waals surface area (Å²) in [6, 6.07) is 9.38. The average Bonchev–Trinajstić information content (AvgIpc) is 2.27. The molecule has 0 aromatic heterocycles. The standard InChI is InChI=1S/C13H14ClNO/c1-3-7-13(16)15(10-11(2)14)12-8-5-4-6-9-12/h3-9H,2,10H2,1H3. The lowest BCUT2D eigenvalue weighted by molar-refractivity contribution is -0.114. The largest absolute Gasteiger partial charge is 0.304 e. The van der Waals surface area contributed by atoms with Crippen LogP contribution in [0.2, 0.25) is 0 Å². The van der Waals surface area contributed by atoms with E-state index in [1.807, 2.05) is 30.3 Å². The molecule has 0 spiro atoms. The molecule has 16 heavy (non-hydrogen) atoms. The molecule has 0 aliphatic rings. The molecule has 1 aromatic rings. The highest BCUT2D eigenvalue weighted by atomic mass is 35.5. The Kier molecular flexibility index (Phi) is 4.80. The van der Waals surface area contributed by atoms with Crippen molar-refractivity contribution < 1.29 is 4.79 Å². The van der Waals surface area contributed by atoms with Gasteiger partial charge >= 0.3 is 0 Å². The summed E-state index contributed by atoms with van der Waals surface area (Å²) in [5, 5.41) is 0.432. The summed E-state index contributed by atoms with van der Waals surface area (Å²) in [7, 11) is 0. The molecule has 0 radical (unpaired) electrons. The van der Waals surface area contributed by atoms with Crippen molar-refractivity contribution in [1.82, 2.24) is 0 Å². The second-order valence-corrected chi connectivity index (χ2v) is 3.81. The molecule has 0 fully saturated rings. The van der Waals surface area contributed by atoms with Crippen LogP contribution in [0.25, 0.3) is 0 Å². The number of amides is 1. The fourth-order valence-corrected chi connectivity index (χ4v) is 1.43. The van der Waals surface area contributed by atoms with Crippen molar-refractivity contribution in [3.63, 3.8) is 0 Å². The first-order chi connectivity index (χ1) is 7.65. The fourth-order valence-electron chi connectivity index (χ4n) is 1.31. The van der Waals surface area contributed by atoms with E-state index >= 15 is 0 Å². The van der Waals surface area contributed by atoms with Crippen molar-refractivity contribution in [2.24, 2.45) is 0 Å². The first-order valence-electron chi connectivity index (χ1n) is 4.97. The van der Waals surface area contributed by atoms with Gasteiger partial charge in [-0.1, -0.05) is 42.5 Å². The van der Waals surface area contributed by atoms with Crippen molar-refractivity contribution in [2.45, 2.75) is 6.92 Å². The molecule has 0 aliphatic heterocycles. The summed E-state index contributed by atoms with van der Waals surface area (Å²) in [5.41, 5.74) is 0.812. The lowest BCUT2D eigenvalue weighted by Crippen LogP contribution is -2.30. The summed E-state index contributed by atoms with van der Waals surface area (Å²) in [4.78, 5) is 13.4. The zero-order valence-corrected chi connectivity index (χ0v) is 9.95. The van der Waals surface area contributed by atoms with Gasteiger partial charge in [-0.25, -0.2) is 0 Å². The van der Waals surface area contributed by atoms with Gasteiger partial charge in [0.2, 0.25) is 0 Å². The summed E-state index contributed by atoms with van der Waals surface area (Å²) >= 11 is 5.75. The van der Waals surface area contributed by atoms with Crippen molar-refractivity contribution in [3.05, 3.63) is 54.1 Å². The highest BCUT2D eigenvalue weighted by Gasteiger charge is 2.12. The van der Waals surface area contributed by atoms with Crippen molar-refractivity contribution in [2.75, 3.05) is 11.4 Å². The summed E-state index contributed by atoms with van der Waals surface area (Å²) in [6.45, 7) is 5.73. The second kappa shape index (κ2) is 6.13. The van der Waals surface area contributed by atoms with Gasteiger partial charge < -0.3 is 4.90 Å². The Morgan fingerprint density at radius 3 is 2.56 bits per heavy atom. The van der Waals surface area contributed by atoms with E-state index in [2.05, 4.69) is 6.58 Å². The molecule has 1 amide bonds. The molecule has 1 rings (SSSR count). The highest BCUT2D eigenvalue weighted by Crippen LogP contribution is 2.16. The Labute approximate surface area is 101 Å². The van der Waals surface area contributed by atoms with Crippen molar-refractivity contribution in [1.29, 1.82) is 0 Å². The van der Waals surface area contributed by atoms with Crippen molar-refractivity contribution in [3.8, 4) is 0 Å². The number of allylic oxidation sites excluding steroid dienone is 1. The molecule has 0 bridgehead atoms. The Morgan fingerprint density at radius 1 is 1.44 bits per heavy atom. The Balaban J connectivity index is 2.96. The third kappa shape index (κ3) is 3.55. The lowest BCUT2D eigenvalue weighted by Gasteiger charge is -2.20. The topological polar surface area (TPSA) is 20.3 Å². The molecule has 0 N–H and O–H groups in total. The van der Waals surface area contributed by atoms with Gasteiger partial charge in [0.15, 0.2) is 0 Å². The molecular formula is C13H14ClNO. The van der Waals surface area contributed by atoms with Crippen LogP contribution in [0.4, 0.5) is 5.69 Å². The number of nitrogens with zero attached hydrogens (tertiary/aromatic N) is 1. The normalized spacial score (nSPS) is 10.4. The Bertz CT molecular complexity index is 398. The SMILES string of the molecule is C=C(Cl)CN(C(=O)C=CC)c1ccccc1. The van der Waals surface area contributed by atoms with Gasteiger partial charge in [-0.05, 0) is 25.1 Å². The number of rotatable bonds is 4. The van der Waals surface area contributed by atoms with Crippen LogP contribution in [0.15, 0.2) is 54.1 Å². The van der Waals surface area contributed by atoms with Crippen molar-refractivity contribution >= 4 is 23.2 Å². The minimum Gasteiger partial charge on any atom is -0.304 e. The zero-order valence-electron chi connectivity index (χ0n) is 9.19. The summed E-state index contributed by atoms with van der Waals surface area (Å²) < 4.78 is 0. The van der Waals surface area contributed by atoms with Crippen LogP contribution >= 0.6 is 11.6 Å². The molecule has 0 unspecified atom stereocenters. The van der Waals surface area contributed by atoms with Crippen LogP contribution in [0, 0.1) is 0 Å². The molecule has 0 aliphatic carbocycles. The van der Waals surface area contributed by atoms with Gasteiger partial charge in [-0.15, -0.1) is 0 Å². The number of para-hydroxylation sites is 1. The Morgan fingerprint density at radius 2 is 2.06 bits per heavy atom. The van der Waals surface area contributed by atoms with E-state index in [9.17, 15) is 4.79 Å². The highest BCUT2D eigenvalue weighted by molar-refractivity contribution is 6.30. The third-order valence-electron chi connectivity index (χ3n) is 1.97. The minimum atomic E-state index is -0.101. The first-order valence-corrected chi connectivity index (χ1v) is 5.35. The molecule has 0 saturated heterocycles. The fraction of sp³-hybridized carbons (Fsp3) is 0.154. The third-order valence-corrected chi connectivity index (χ3v) is 2.09. The van der Waals surface area contributed by atoms with Gasteiger partial charge in [0, 0.05) is 10.7 Å². The molecule has 0 heterocycles. The number of hydrogen-bond donors (Lipinski definition) is 0. The zero-order chi connectivity index (χ0) is 12.0. The van der Waals surface area contributed by atoms with E-state index in [4.69, 9.17) is 11.6 Å². The van der Waals surface area contributed by atoms with Crippen LogP contribution in [0.5, 0.6) is 0 Å². The number of carbonyl (C=O) groups is 1. The molecule has 1 aromatic carbocycles. The van der Waals surface area contributed by atoms with Gasteiger partial charge in [-0.3, -0.25) is 4.79 Å². The van der Waals surface area contributed by atoms with Crippen LogP contribution in [0.3, 0.4) is 0 Å². The maximum absolute atomic E-state index is 11.8. The quantitative estimate of drug-likeness (QED) is 0.733. The molecule has 0 atom stereocenters. The maximum Gasteiger partial charge on any atom is 0.250 e. The van der Waals surface area contributed by atoms with E-state index in [0.29, 0.717) is 11.6 Å². The first kappa shape index (κ1) is 12.5. The molecule has 84 valence electrons. The van der Waals surface area contributed by atoms with E-state index in [1.165, 1.54) is 6.08 Å². The second-order valence-electron chi connectivity index (χ2n) is 3.28. The molecular weight excluding hydrogens is 222 g/mol. The van der Waals surface area contributed by atoms with Crippen LogP contribution in [-0.4, -0.2) is 12.5 Å². The number of benzene rings is 1. The predicted molar refractivity (Wildman–Crippen MR) is 68.6 cm³/mol. The van der Waals surface area contributed by atoms with Crippen LogP contribution < -0.4 is 4.90 Å². The van der Waals surface area contributed by atoms with Crippen LogP contribution in [0.1, 0.15) is 6.92 Å². The van der Waals surface area contributed by atoms with E-state index in [0.717, 1.165) is 5.69 Å². The number of carbonyl (C=O) groups excluding carboxylic acids is 1. The van der Waals surface area contributed by atoms with Gasteiger partial charge in [0.1, 0.15) is 0 Å². The minimum absolute atomic E-state index is 0.101. The molecule has 0 saturated carbocycles. The van der Waals surface area contributed by atoms with Gasteiger partial charge in [0.05, 0.1) is 6.54 Å². The molecule has 2 nitrogen and oxygen atoms in total. The number of hydrogen-bond acceptors (Lipinski definition) is 1. The number of anilines is 1. The molecule has 3 heteroatoms. The summed E-state index contributed by atoms with van der Waals surface area (Å²) in [6.07, 6.45) is 3.21. The predicted octanol–water partition coefficient (Wildman–Crippen LogP) is 3.35. The maximum atomic E-state index is 11.8. The van der Waals surface area contributed by atoms with E-state index in [1.54, 1.807) is 17.9 Å². The number of halogens is 1. The van der Waals surface area contributed by atoms with E-state index < -0.39 is 0 Å². The average molecular weight is 236 g/mol. The Hall–Kier alpha value is -1.54. The van der Waals surface area contributed by atoms with E-state index in [-0.39, 0.29) is 5.91 Å². The summed E-state index contributed by atoms with van der Waals surface area (Å²) in [5.74, 6) is -0.101. The smallest absolute Gasteiger partial charge is 0.250 e. The van der Waals surface area contributed by atoms with Gasteiger partial charge in [-0.2, -0.15) is 0 Å². The van der Waals surface area contributed by atoms with Gasteiger partial charge in [0.25, 0.3) is 5.91 Å².